The van der Waals surface area contributed by atoms with Crippen molar-refractivity contribution < 1.29 is 9.90 Å². The Morgan fingerprint density at radius 2 is 2.17 bits per heavy atom. The lowest BCUT2D eigenvalue weighted by atomic mass is 10.1. The summed E-state index contributed by atoms with van der Waals surface area (Å²) in [6, 6.07) is 7.95. The van der Waals surface area contributed by atoms with Gasteiger partial charge in [0, 0.05) is 23.6 Å². The first-order valence-electron chi connectivity index (χ1n) is 6.12. The minimum absolute atomic E-state index is 0.0783. The summed E-state index contributed by atoms with van der Waals surface area (Å²) in [4.78, 5) is 10.9. The third-order valence-corrected chi connectivity index (χ3v) is 3.02. The number of aliphatic carboxylic acids is 1. The maximum Gasteiger partial charge on any atom is 0.307 e. The van der Waals surface area contributed by atoms with Crippen molar-refractivity contribution in [2.75, 3.05) is 0 Å². The summed E-state index contributed by atoms with van der Waals surface area (Å²) in [6.45, 7) is 4.61. The summed E-state index contributed by atoms with van der Waals surface area (Å²) >= 11 is 0. The maximum atomic E-state index is 10.9. The van der Waals surface area contributed by atoms with Crippen molar-refractivity contribution in [2.24, 2.45) is 0 Å². The Kier molecular flexibility index (Phi) is 3.82. The van der Waals surface area contributed by atoms with Crippen molar-refractivity contribution in [2.45, 2.75) is 25.8 Å². The summed E-state index contributed by atoms with van der Waals surface area (Å²) in [6.07, 6.45) is 5.94. The van der Waals surface area contributed by atoms with E-state index < -0.39 is 5.97 Å². The molecule has 0 amide bonds. The molecule has 3 heteroatoms. The second-order valence-electron chi connectivity index (χ2n) is 4.37. The molecule has 0 aliphatic carbocycles. The number of unbranched alkanes of at least 4 members (excludes halogenated alkanes) is 1. The number of para-hydroxylation sites is 1. The molecular formula is C15H17NO2. The summed E-state index contributed by atoms with van der Waals surface area (Å²) in [5.41, 5.74) is 1.99. The number of hydrogen-bond acceptors (Lipinski definition) is 1. The van der Waals surface area contributed by atoms with E-state index in [2.05, 4.69) is 11.1 Å². The van der Waals surface area contributed by atoms with E-state index in [-0.39, 0.29) is 6.42 Å². The molecule has 0 aliphatic heterocycles. The number of carbonyl (C=O) groups is 1. The van der Waals surface area contributed by atoms with Gasteiger partial charge in [0.15, 0.2) is 0 Å². The molecule has 0 saturated heterocycles. The van der Waals surface area contributed by atoms with Crippen LogP contribution in [0.4, 0.5) is 0 Å². The van der Waals surface area contributed by atoms with Crippen LogP contribution in [0.15, 0.2) is 43.1 Å². The summed E-state index contributed by atoms with van der Waals surface area (Å²) in [5, 5.41) is 9.97. The van der Waals surface area contributed by atoms with E-state index in [0.717, 1.165) is 35.9 Å². The molecule has 0 bridgehead atoms. The zero-order valence-corrected chi connectivity index (χ0v) is 10.3. The standard InChI is InChI=1S/C15H17NO2/c1-2-3-6-9-16-11-12(10-15(17)18)13-7-4-5-8-14(13)16/h2,4-5,7-8,11H,1,3,6,9-10H2,(H,17,18). The van der Waals surface area contributed by atoms with Crippen LogP contribution in [-0.2, 0) is 17.8 Å². The molecule has 0 spiro atoms. The molecule has 0 saturated carbocycles. The maximum absolute atomic E-state index is 10.9. The number of carboxylic acids is 1. The van der Waals surface area contributed by atoms with E-state index in [1.165, 1.54) is 0 Å². The predicted octanol–water partition coefficient (Wildman–Crippen LogP) is 3.23. The van der Waals surface area contributed by atoms with Crippen LogP contribution >= 0.6 is 0 Å². The Bertz CT molecular complexity index is 569. The monoisotopic (exact) mass is 243 g/mol. The van der Waals surface area contributed by atoms with Gasteiger partial charge in [0.1, 0.15) is 0 Å². The highest BCUT2D eigenvalue weighted by atomic mass is 16.4. The quantitative estimate of drug-likeness (QED) is 0.625. The minimum Gasteiger partial charge on any atom is -0.481 e. The average Bonchev–Trinajstić information content (AvgIpc) is 2.68. The number of hydrogen-bond donors (Lipinski definition) is 1. The number of nitrogens with zero attached hydrogens (tertiary/aromatic N) is 1. The van der Waals surface area contributed by atoms with Gasteiger partial charge in [0.25, 0.3) is 0 Å². The van der Waals surface area contributed by atoms with Crippen LogP contribution in [0.1, 0.15) is 18.4 Å². The topological polar surface area (TPSA) is 42.2 Å². The smallest absolute Gasteiger partial charge is 0.307 e. The van der Waals surface area contributed by atoms with Gasteiger partial charge >= 0.3 is 5.97 Å². The summed E-state index contributed by atoms with van der Waals surface area (Å²) < 4.78 is 2.14. The van der Waals surface area contributed by atoms with Gasteiger partial charge in [0.05, 0.1) is 6.42 Å². The molecule has 1 aromatic carbocycles. The molecule has 3 nitrogen and oxygen atoms in total. The number of fused-ring (bicyclic) bond motifs is 1. The lowest BCUT2D eigenvalue weighted by molar-refractivity contribution is -0.136. The van der Waals surface area contributed by atoms with Crippen LogP contribution in [-0.4, -0.2) is 15.6 Å². The van der Waals surface area contributed by atoms with Gasteiger partial charge in [-0.05, 0) is 24.5 Å². The molecule has 94 valence electrons. The number of aryl methyl sites for hydroxylation is 1. The molecule has 2 rings (SSSR count). The molecule has 1 N–H and O–H groups in total. The zero-order valence-electron chi connectivity index (χ0n) is 10.3. The number of rotatable bonds is 6. The highest BCUT2D eigenvalue weighted by Gasteiger charge is 2.10. The molecule has 1 heterocycles. The van der Waals surface area contributed by atoms with Crippen LogP contribution < -0.4 is 0 Å². The Morgan fingerprint density at radius 3 is 2.89 bits per heavy atom. The molecule has 2 aromatic rings. The average molecular weight is 243 g/mol. The molecule has 0 fully saturated rings. The van der Waals surface area contributed by atoms with Crippen molar-refractivity contribution in [3.63, 3.8) is 0 Å². The summed E-state index contributed by atoms with van der Waals surface area (Å²) in [5.74, 6) is -0.788. The van der Waals surface area contributed by atoms with Crippen LogP contribution in [0, 0.1) is 0 Å². The number of aromatic nitrogens is 1. The first kappa shape index (κ1) is 12.4. The molecule has 0 radical (unpaired) electrons. The van der Waals surface area contributed by atoms with E-state index in [9.17, 15) is 4.79 Å². The van der Waals surface area contributed by atoms with Gasteiger partial charge in [-0.15, -0.1) is 6.58 Å². The third-order valence-electron chi connectivity index (χ3n) is 3.02. The van der Waals surface area contributed by atoms with Gasteiger partial charge in [-0.3, -0.25) is 4.79 Å². The lowest BCUT2D eigenvalue weighted by Gasteiger charge is -2.03. The van der Waals surface area contributed by atoms with Gasteiger partial charge in [-0.1, -0.05) is 24.3 Å². The Morgan fingerprint density at radius 1 is 1.39 bits per heavy atom. The van der Waals surface area contributed by atoms with Crippen molar-refractivity contribution in [3.05, 3.63) is 48.7 Å². The Hall–Kier alpha value is -2.03. The second-order valence-corrected chi connectivity index (χ2v) is 4.37. The second kappa shape index (κ2) is 5.54. The van der Waals surface area contributed by atoms with Gasteiger partial charge in [-0.25, -0.2) is 0 Å². The number of allylic oxidation sites excluding steroid dienone is 1. The molecular weight excluding hydrogens is 226 g/mol. The van der Waals surface area contributed by atoms with Crippen LogP contribution in [0.2, 0.25) is 0 Å². The Balaban J connectivity index is 2.34. The largest absolute Gasteiger partial charge is 0.481 e. The highest BCUT2D eigenvalue weighted by molar-refractivity contribution is 5.87. The number of carboxylic acid groups (broad SMARTS) is 1. The fourth-order valence-electron chi connectivity index (χ4n) is 2.22. The van der Waals surface area contributed by atoms with Crippen LogP contribution in [0.3, 0.4) is 0 Å². The summed E-state index contributed by atoms with van der Waals surface area (Å²) in [7, 11) is 0. The van der Waals surface area contributed by atoms with Gasteiger partial charge in [-0.2, -0.15) is 0 Å². The fraction of sp³-hybridized carbons (Fsp3) is 0.267. The van der Waals surface area contributed by atoms with E-state index in [1.807, 2.05) is 36.5 Å². The van der Waals surface area contributed by atoms with E-state index >= 15 is 0 Å². The van der Waals surface area contributed by atoms with Crippen LogP contribution in [0.5, 0.6) is 0 Å². The Labute approximate surface area is 106 Å². The van der Waals surface area contributed by atoms with Gasteiger partial charge in [0.2, 0.25) is 0 Å². The fourth-order valence-corrected chi connectivity index (χ4v) is 2.22. The minimum atomic E-state index is -0.788. The van der Waals surface area contributed by atoms with Gasteiger partial charge < -0.3 is 9.67 Å². The van der Waals surface area contributed by atoms with E-state index in [1.54, 1.807) is 0 Å². The molecule has 0 atom stereocenters. The van der Waals surface area contributed by atoms with Crippen molar-refractivity contribution in [1.29, 1.82) is 0 Å². The zero-order chi connectivity index (χ0) is 13.0. The first-order chi connectivity index (χ1) is 8.72. The molecule has 0 unspecified atom stereocenters. The van der Waals surface area contributed by atoms with Crippen molar-refractivity contribution in [3.8, 4) is 0 Å². The van der Waals surface area contributed by atoms with E-state index in [4.69, 9.17) is 5.11 Å². The van der Waals surface area contributed by atoms with Crippen LogP contribution in [0.25, 0.3) is 10.9 Å². The predicted molar refractivity (Wildman–Crippen MR) is 72.7 cm³/mol. The molecule has 18 heavy (non-hydrogen) atoms. The first-order valence-corrected chi connectivity index (χ1v) is 6.12. The lowest BCUT2D eigenvalue weighted by Crippen LogP contribution is -1.99. The van der Waals surface area contributed by atoms with E-state index in [0.29, 0.717) is 0 Å². The third kappa shape index (κ3) is 2.62. The molecule has 0 aliphatic rings. The normalized spacial score (nSPS) is 10.7. The van der Waals surface area contributed by atoms with Crippen molar-refractivity contribution in [1.82, 2.24) is 4.57 Å². The SMILES string of the molecule is C=CCCCn1cc(CC(=O)O)c2ccccc21. The van der Waals surface area contributed by atoms with Crippen molar-refractivity contribution >= 4 is 16.9 Å². The number of benzene rings is 1. The molecule has 1 aromatic heterocycles. The highest BCUT2D eigenvalue weighted by Crippen LogP contribution is 2.22.